The summed E-state index contributed by atoms with van der Waals surface area (Å²) in [6.45, 7) is 0.0880. The highest BCUT2D eigenvalue weighted by atomic mass is 35.5. The van der Waals surface area contributed by atoms with E-state index in [2.05, 4.69) is 5.32 Å². The average molecular weight is 334 g/mol. The molecule has 0 unspecified atom stereocenters. The number of anilines is 1. The van der Waals surface area contributed by atoms with Crippen molar-refractivity contribution in [3.05, 3.63) is 64.5 Å². The van der Waals surface area contributed by atoms with Crippen molar-refractivity contribution in [3.63, 3.8) is 0 Å². The van der Waals surface area contributed by atoms with Crippen LogP contribution in [0.25, 0.3) is 0 Å². The number of fused-ring (bicyclic) bond motifs is 2. The number of halogens is 2. The molecule has 3 rings (SSSR count). The van der Waals surface area contributed by atoms with Gasteiger partial charge in [0.1, 0.15) is 5.82 Å². The summed E-state index contributed by atoms with van der Waals surface area (Å²) in [4.78, 5) is 25.2. The van der Waals surface area contributed by atoms with E-state index in [1.54, 1.807) is 18.2 Å². The number of hydrogen-bond donors (Lipinski definition) is 2. The fourth-order valence-corrected chi connectivity index (χ4v) is 2.72. The van der Waals surface area contributed by atoms with Crippen molar-refractivity contribution in [2.75, 3.05) is 17.7 Å². The number of carbonyl (C=O) groups excluding carboxylic acids is 2. The van der Waals surface area contributed by atoms with Crippen LogP contribution < -0.4 is 5.32 Å². The Labute approximate surface area is 136 Å². The third-order valence-corrected chi connectivity index (χ3v) is 4.09. The van der Waals surface area contributed by atoms with E-state index >= 15 is 0 Å². The van der Waals surface area contributed by atoms with E-state index in [-0.39, 0.29) is 34.7 Å². The molecule has 1 aliphatic rings. The molecule has 0 amide bonds. The van der Waals surface area contributed by atoms with Gasteiger partial charge in [0.25, 0.3) is 0 Å². The van der Waals surface area contributed by atoms with Gasteiger partial charge in [-0.15, -0.1) is 11.6 Å². The molecule has 0 heterocycles. The maximum Gasteiger partial charge on any atom is 0.197 e. The van der Waals surface area contributed by atoms with Gasteiger partial charge in [0.05, 0.1) is 23.1 Å². The summed E-state index contributed by atoms with van der Waals surface area (Å²) < 4.78 is 14.2. The van der Waals surface area contributed by atoms with E-state index in [0.29, 0.717) is 5.69 Å². The molecule has 0 saturated heterocycles. The molecule has 1 atom stereocenters. The first-order valence-corrected chi connectivity index (χ1v) is 7.57. The van der Waals surface area contributed by atoms with Crippen LogP contribution in [0.4, 0.5) is 10.1 Å². The number of aliphatic hydroxyl groups is 1. The zero-order valence-corrected chi connectivity index (χ0v) is 12.7. The van der Waals surface area contributed by atoms with E-state index in [0.717, 1.165) is 6.07 Å². The average Bonchev–Trinajstić information content (AvgIpc) is 2.58. The minimum absolute atomic E-state index is 0.00419. The first kappa shape index (κ1) is 15.6. The van der Waals surface area contributed by atoms with E-state index in [1.165, 1.54) is 12.1 Å². The molecule has 0 saturated carbocycles. The summed E-state index contributed by atoms with van der Waals surface area (Å²) in [7, 11) is 0. The molecule has 0 aromatic heterocycles. The maximum absolute atomic E-state index is 14.2. The van der Waals surface area contributed by atoms with Gasteiger partial charge in [0.15, 0.2) is 11.6 Å². The fourth-order valence-electron chi connectivity index (χ4n) is 2.61. The highest BCUT2D eigenvalue weighted by molar-refractivity contribution is 6.30. The summed E-state index contributed by atoms with van der Waals surface area (Å²) in [5.74, 6) is -1.66. The molecule has 0 aliphatic heterocycles. The van der Waals surface area contributed by atoms with E-state index in [9.17, 15) is 19.1 Å². The van der Waals surface area contributed by atoms with Crippen molar-refractivity contribution >= 4 is 28.9 Å². The van der Waals surface area contributed by atoms with Gasteiger partial charge in [-0.05, 0) is 12.1 Å². The standard InChI is InChI=1S/C17H13ClFNO3/c18-7-9(21)8-20-13-6-5-12(19)14-15(13)17(23)11-4-2-1-3-10(11)16(14)22/h1-6,9,20-21H,7-8H2/t9-/m1/s1. The first-order valence-electron chi connectivity index (χ1n) is 7.03. The van der Waals surface area contributed by atoms with Crippen molar-refractivity contribution in [1.82, 2.24) is 0 Å². The van der Waals surface area contributed by atoms with Crippen LogP contribution in [0.15, 0.2) is 36.4 Å². The Morgan fingerprint density at radius 3 is 2.26 bits per heavy atom. The molecule has 118 valence electrons. The Bertz CT molecular complexity index is 806. The van der Waals surface area contributed by atoms with Gasteiger partial charge < -0.3 is 10.4 Å². The Balaban J connectivity index is 2.11. The fraction of sp³-hybridized carbons (Fsp3) is 0.176. The molecule has 23 heavy (non-hydrogen) atoms. The lowest BCUT2D eigenvalue weighted by atomic mass is 9.83. The van der Waals surface area contributed by atoms with E-state index < -0.39 is 23.5 Å². The van der Waals surface area contributed by atoms with Crippen LogP contribution in [0.3, 0.4) is 0 Å². The minimum Gasteiger partial charge on any atom is -0.390 e. The number of ketones is 2. The molecule has 0 fully saturated rings. The molecule has 0 radical (unpaired) electrons. The largest absolute Gasteiger partial charge is 0.390 e. The summed E-state index contributed by atoms with van der Waals surface area (Å²) in [5.41, 5.74) is 0.506. The molecular weight excluding hydrogens is 321 g/mol. The van der Waals surface area contributed by atoms with Gasteiger partial charge >= 0.3 is 0 Å². The molecule has 2 aromatic rings. The number of nitrogens with one attached hydrogen (secondary N) is 1. The SMILES string of the molecule is O=C1c2ccccc2C(=O)c2c(NC[C@H](O)CCl)ccc(F)c21. The van der Waals surface area contributed by atoms with Crippen molar-refractivity contribution < 1.29 is 19.1 Å². The zero-order valence-electron chi connectivity index (χ0n) is 12.0. The van der Waals surface area contributed by atoms with Crippen molar-refractivity contribution in [2.45, 2.75) is 6.10 Å². The van der Waals surface area contributed by atoms with Crippen LogP contribution >= 0.6 is 11.6 Å². The van der Waals surface area contributed by atoms with Gasteiger partial charge in [0.2, 0.25) is 0 Å². The van der Waals surface area contributed by atoms with Gasteiger partial charge in [-0.25, -0.2) is 4.39 Å². The molecule has 0 bridgehead atoms. The van der Waals surface area contributed by atoms with E-state index in [4.69, 9.17) is 11.6 Å². The minimum atomic E-state index is -0.820. The van der Waals surface area contributed by atoms with Crippen LogP contribution in [0.1, 0.15) is 31.8 Å². The second-order valence-corrected chi connectivity index (χ2v) is 5.55. The van der Waals surface area contributed by atoms with E-state index in [1.807, 2.05) is 0 Å². The van der Waals surface area contributed by atoms with Crippen LogP contribution in [0, 0.1) is 5.82 Å². The van der Waals surface area contributed by atoms with Crippen molar-refractivity contribution in [2.24, 2.45) is 0 Å². The highest BCUT2D eigenvalue weighted by Crippen LogP contribution is 2.33. The zero-order chi connectivity index (χ0) is 16.6. The van der Waals surface area contributed by atoms with Crippen molar-refractivity contribution in [3.8, 4) is 0 Å². The summed E-state index contributed by atoms with van der Waals surface area (Å²) in [6.07, 6.45) is -0.820. The smallest absolute Gasteiger partial charge is 0.197 e. The molecule has 2 aromatic carbocycles. The molecular formula is C17H13ClFNO3. The monoisotopic (exact) mass is 333 g/mol. The van der Waals surface area contributed by atoms with Gasteiger partial charge in [0, 0.05) is 23.4 Å². The Morgan fingerprint density at radius 2 is 1.65 bits per heavy atom. The predicted molar refractivity (Wildman–Crippen MR) is 84.9 cm³/mol. The lowest BCUT2D eigenvalue weighted by Crippen LogP contribution is -2.26. The molecule has 0 spiro atoms. The van der Waals surface area contributed by atoms with Crippen LogP contribution in [-0.2, 0) is 0 Å². The summed E-state index contributed by atoms with van der Waals surface area (Å²) >= 11 is 5.53. The van der Waals surface area contributed by atoms with Crippen molar-refractivity contribution in [1.29, 1.82) is 0 Å². The molecule has 6 heteroatoms. The third-order valence-electron chi connectivity index (χ3n) is 3.73. The van der Waals surface area contributed by atoms with Crippen LogP contribution in [0.5, 0.6) is 0 Å². The second kappa shape index (κ2) is 6.10. The van der Waals surface area contributed by atoms with Gasteiger partial charge in [-0.2, -0.15) is 0 Å². The number of alkyl halides is 1. The summed E-state index contributed by atoms with van der Waals surface area (Å²) in [6, 6.07) is 8.85. The highest BCUT2D eigenvalue weighted by Gasteiger charge is 2.34. The number of rotatable bonds is 4. The predicted octanol–water partition coefficient (Wildman–Crippen LogP) is 2.61. The Morgan fingerprint density at radius 1 is 1.04 bits per heavy atom. The normalized spacial score (nSPS) is 14.2. The van der Waals surface area contributed by atoms with Crippen LogP contribution in [-0.4, -0.2) is 35.2 Å². The number of carbonyl (C=O) groups is 2. The lowest BCUT2D eigenvalue weighted by Gasteiger charge is -2.21. The molecule has 1 aliphatic carbocycles. The van der Waals surface area contributed by atoms with Crippen LogP contribution in [0.2, 0.25) is 0 Å². The van der Waals surface area contributed by atoms with Gasteiger partial charge in [-0.1, -0.05) is 24.3 Å². The lowest BCUT2D eigenvalue weighted by molar-refractivity contribution is 0.0976. The summed E-state index contributed by atoms with van der Waals surface area (Å²) in [5, 5.41) is 12.4. The number of aliphatic hydroxyl groups excluding tert-OH is 1. The van der Waals surface area contributed by atoms with Gasteiger partial charge in [-0.3, -0.25) is 9.59 Å². The Kier molecular flexibility index (Phi) is 4.15. The topological polar surface area (TPSA) is 66.4 Å². The first-order chi connectivity index (χ1) is 11.0. The Hall–Kier alpha value is -2.24. The molecule has 2 N–H and O–H groups in total. The second-order valence-electron chi connectivity index (χ2n) is 5.24. The third kappa shape index (κ3) is 2.62. The quantitative estimate of drug-likeness (QED) is 0.720. The maximum atomic E-state index is 14.2. The number of benzene rings is 2. The number of hydrogen-bond acceptors (Lipinski definition) is 4. The molecule has 4 nitrogen and oxygen atoms in total.